The summed E-state index contributed by atoms with van der Waals surface area (Å²) in [4.78, 5) is 10.8. The summed E-state index contributed by atoms with van der Waals surface area (Å²) < 4.78 is 35.3. The highest BCUT2D eigenvalue weighted by molar-refractivity contribution is 5.92. The van der Waals surface area contributed by atoms with Crippen LogP contribution >= 0.6 is 0 Å². The quantitative estimate of drug-likeness (QED) is 0.723. The molecule has 2 nitrogen and oxygen atoms in total. The van der Waals surface area contributed by atoms with Gasteiger partial charge in [-0.15, -0.1) is 0 Å². The van der Waals surface area contributed by atoms with E-state index in [9.17, 15) is 18.0 Å². The van der Waals surface area contributed by atoms with E-state index in [0.29, 0.717) is 25.8 Å². The van der Waals surface area contributed by atoms with Crippen molar-refractivity contribution >= 4 is 5.78 Å². The Hall–Kier alpha value is -1.00. The third-order valence-corrected chi connectivity index (χ3v) is 2.22. The van der Waals surface area contributed by atoms with E-state index in [4.69, 9.17) is 0 Å². The minimum Gasteiger partial charge on any atom is -0.388 e. The molecule has 0 fully saturated rings. The second kappa shape index (κ2) is 5.19. The van der Waals surface area contributed by atoms with Crippen molar-refractivity contribution in [3.8, 4) is 0 Å². The van der Waals surface area contributed by atoms with Crippen LogP contribution in [-0.4, -0.2) is 18.5 Å². The smallest absolute Gasteiger partial charge is 0.388 e. The Kier molecular flexibility index (Phi) is 4.17. The molecule has 0 bridgehead atoms. The van der Waals surface area contributed by atoms with Crippen molar-refractivity contribution < 1.29 is 18.0 Å². The maximum Gasteiger partial charge on any atom is 0.389 e. The molecule has 0 saturated heterocycles. The van der Waals surface area contributed by atoms with Crippen molar-refractivity contribution in [2.24, 2.45) is 0 Å². The number of allylic oxidation sites excluding steroid dienone is 2. The molecule has 0 aromatic carbocycles. The fourth-order valence-electron chi connectivity index (χ4n) is 1.44. The summed E-state index contributed by atoms with van der Waals surface area (Å²) in [7, 11) is 0. The molecule has 1 aliphatic rings. The standard InChI is InChI=1S/C10H14F3NO/c11-10(12,13)5-1-2-6-14-8-3-4-9(15)7-8/h7,14H,1-6H2. The van der Waals surface area contributed by atoms with Crippen LogP contribution in [0.5, 0.6) is 0 Å². The third-order valence-electron chi connectivity index (χ3n) is 2.22. The fraction of sp³-hybridized carbons (Fsp3) is 0.700. The molecule has 0 aromatic rings. The van der Waals surface area contributed by atoms with Gasteiger partial charge in [0.2, 0.25) is 0 Å². The average molecular weight is 221 g/mol. The summed E-state index contributed by atoms with van der Waals surface area (Å²) in [5, 5.41) is 2.97. The van der Waals surface area contributed by atoms with Crippen molar-refractivity contribution in [1.82, 2.24) is 5.32 Å². The van der Waals surface area contributed by atoms with E-state index in [-0.39, 0.29) is 12.2 Å². The molecule has 0 amide bonds. The zero-order valence-corrected chi connectivity index (χ0v) is 8.36. The van der Waals surface area contributed by atoms with Crippen LogP contribution in [-0.2, 0) is 4.79 Å². The largest absolute Gasteiger partial charge is 0.389 e. The SMILES string of the molecule is O=C1C=C(NCCCCC(F)(F)F)CC1. The van der Waals surface area contributed by atoms with Gasteiger partial charge in [-0.25, -0.2) is 0 Å². The summed E-state index contributed by atoms with van der Waals surface area (Å²) in [6, 6.07) is 0. The first kappa shape index (κ1) is 12.1. The van der Waals surface area contributed by atoms with E-state index in [1.165, 1.54) is 6.08 Å². The summed E-state index contributed by atoms with van der Waals surface area (Å²) in [5.74, 6) is 0.0905. The van der Waals surface area contributed by atoms with Crippen LogP contribution in [0.2, 0.25) is 0 Å². The van der Waals surface area contributed by atoms with E-state index in [0.717, 1.165) is 5.70 Å². The number of ketones is 1. The van der Waals surface area contributed by atoms with Crippen molar-refractivity contribution in [3.63, 3.8) is 0 Å². The number of hydrogen-bond donors (Lipinski definition) is 1. The molecular weight excluding hydrogens is 207 g/mol. The monoisotopic (exact) mass is 221 g/mol. The van der Waals surface area contributed by atoms with Gasteiger partial charge in [0.15, 0.2) is 5.78 Å². The Bertz CT molecular complexity index is 258. The van der Waals surface area contributed by atoms with Crippen molar-refractivity contribution in [2.75, 3.05) is 6.54 Å². The molecule has 86 valence electrons. The lowest BCUT2D eigenvalue weighted by Gasteiger charge is -2.07. The highest BCUT2D eigenvalue weighted by Crippen LogP contribution is 2.22. The Labute approximate surface area is 86.5 Å². The zero-order valence-electron chi connectivity index (χ0n) is 8.36. The second-order valence-electron chi connectivity index (χ2n) is 3.63. The minimum absolute atomic E-state index is 0.0905. The lowest BCUT2D eigenvalue weighted by molar-refractivity contribution is -0.135. The molecule has 0 unspecified atom stereocenters. The van der Waals surface area contributed by atoms with Crippen LogP contribution in [0.4, 0.5) is 13.2 Å². The topological polar surface area (TPSA) is 29.1 Å². The zero-order chi connectivity index (χ0) is 11.3. The fourth-order valence-corrected chi connectivity index (χ4v) is 1.44. The van der Waals surface area contributed by atoms with E-state index in [1.54, 1.807) is 0 Å². The Morgan fingerprint density at radius 3 is 2.53 bits per heavy atom. The van der Waals surface area contributed by atoms with Crippen molar-refractivity contribution in [3.05, 3.63) is 11.8 Å². The highest BCUT2D eigenvalue weighted by Gasteiger charge is 2.25. The molecule has 0 radical (unpaired) electrons. The molecule has 1 rings (SSSR count). The predicted molar refractivity (Wildman–Crippen MR) is 50.2 cm³/mol. The maximum absolute atomic E-state index is 11.8. The Morgan fingerprint density at radius 1 is 1.27 bits per heavy atom. The maximum atomic E-state index is 11.8. The minimum atomic E-state index is -4.05. The van der Waals surface area contributed by atoms with Crippen molar-refractivity contribution in [1.29, 1.82) is 0 Å². The van der Waals surface area contributed by atoms with Crippen LogP contribution in [0.1, 0.15) is 32.1 Å². The normalized spacial score (nSPS) is 16.7. The number of halogens is 3. The second-order valence-corrected chi connectivity index (χ2v) is 3.63. The van der Waals surface area contributed by atoms with Crippen LogP contribution < -0.4 is 5.32 Å². The average Bonchev–Trinajstić information content (AvgIpc) is 2.49. The molecule has 0 aliphatic heterocycles. The van der Waals surface area contributed by atoms with Crippen LogP contribution in [0.15, 0.2) is 11.8 Å². The molecule has 0 spiro atoms. The highest BCUT2D eigenvalue weighted by atomic mass is 19.4. The summed E-state index contributed by atoms with van der Waals surface area (Å²) in [6.07, 6.45) is -1.43. The van der Waals surface area contributed by atoms with E-state index >= 15 is 0 Å². The molecule has 5 heteroatoms. The summed E-state index contributed by atoms with van der Waals surface area (Å²) in [5.41, 5.74) is 0.854. The first-order valence-electron chi connectivity index (χ1n) is 5.01. The summed E-state index contributed by atoms with van der Waals surface area (Å²) in [6.45, 7) is 0.509. The number of rotatable bonds is 5. The molecule has 15 heavy (non-hydrogen) atoms. The van der Waals surface area contributed by atoms with Gasteiger partial charge in [0, 0.05) is 31.2 Å². The van der Waals surface area contributed by atoms with Gasteiger partial charge in [-0.05, 0) is 19.3 Å². The molecule has 0 aromatic heterocycles. The van der Waals surface area contributed by atoms with Gasteiger partial charge >= 0.3 is 6.18 Å². The summed E-state index contributed by atoms with van der Waals surface area (Å²) >= 11 is 0. The lowest BCUT2D eigenvalue weighted by Crippen LogP contribution is -2.14. The Balaban J connectivity index is 2.03. The molecule has 0 atom stereocenters. The van der Waals surface area contributed by atoms with Gasteiger partial charge in [-0.3, -0.25) is 4.79 Å². The number of carbonyl (C=O) groups is 1. The molecule has 0 saturated carbocycles. The number of unbranched alkanes of at least 4 members (excludes halogenated alkanes) is 1. The first-order valence-corrected chi connectivity index (χ1v) is 5.01. The van der Waals surface area contributed by atoms with E-state index in [1.807, 2.05) is 0 Å². The number of hydrogen-bond acceptors (Lipinski definition) is 2. The molecule has 1 N–H and O–H groups in total. The van der Waals surface area contributed by atoms with E-state index < -0.39 is 12.6 Å². The number of carbonyl (C=O) groups excluding carboxylic acids is 1. The van der Waals surface area contributed by atoms with Crippen LogP contribution in [0.3, 0.4) is 0 Å². The van der Waals surface area contributed by atoms with Gasteiger partial charge in [0.1, 0.15) is 0 Å². The lowest BCUT2D eigenvalue weighted by atomic mass is 10.2. The van der Waals surface area contributed by atoms with Gasteiger partial charge in [-0.1, -0.05) is 0 Å². The molecule has 0 heterocycles. The number of nitrogens with one attached hydrogen (secondary N) is 1. The number of alkyl halides is 3. The molecular formula is C10H14F3NO. The van der Waals surface area contributed by atoms with Gasteiger partial charge in [0.05, 0.1) is 0 Å². The van der Waals surface area contributed by atoms with Gasteiger partial charge in [-0.2, -0.15) is 13.2 Å². The third kappa shape index (κ3) is 5.44. The predicted octanol–water partition coefficient (Wildman–Crippen LogP) is 2.56. The van der Waals surface area contributed by atoms with E-state index in [2.05, 4.69) is 5.32 Å². The van der Waals surface area contributed by atoms with Crippen LogP contribution in [0.25, 0.3) is 0 Å². The first-order chi connectivity index (χ1) is 6.97. The Morgan fingerprint density at radius 2 is 2.00 bits per heavy atom. The van der Waals surface area contributed by atoms with Crippen molar-refractivity contribution in [2.45, 2.75) is 38.3 Å². The van der Waals surface area contributed by atoms with Gasteiger partial charge < -0.3 is 5.32 Å². The molecule has 1 aliphatic carbocycles. The van der Waals surface area contributed by atoms with Gasteiger partial charge in [0.25, 0.3) is 0 Å². The van der Waals surface area contributed by atoms with Crippen LogP contribution in [0, 0.1) is 0 Å².